The molecule has 0 aliphatic carbocycles. The Labute approximate surface area is 134 Å². The van der Waals surface area contributed by atoms with Crippen LogP contribution in [-0.2, 0) is 27.2 Å². The zero-order valence-corrected chi connectivity index (χ0v) is 13.2. The van der Waals surface area contributed by atoms with Crippen LogP contribution in [0, 0.1) is 0 Å². The molecule has 0 fully saturated rings. The lowest BCUT2D eigenvalue weighted by Crippen LogP contribution is -2.17. The third kappa shape index (κ3) is 3.21. The van der Waals surface area contributed by atoms with Crippen molar-refractivity contribution in [2.75, 3.05) is 6.61 Å². The number of carbonyl (C=O) groups is 2. The monoisotopic (exact) mass is 338 g/mol. The minimum absolute atomic E-state index is 0.0283. The van der Waals surface area contributed by atoms with Crippen LogP contribution in [0.4, 0.5) is 0 Å². The van der Waals surface area contributed by atoms with E-state index in [-0.39, 0.29) is 18.9 Å². The smallest absolute Gasteiger partial charge is 0.308 e. The van der Waals surface area contributed by atoms with Crippen molar-refractivity contribution in [1.29, 1.82) is 0 Å². The molecule has 0 aromatic carbocycles. The van der Waals surface area contributed by atoms with E-state index in [1.54, 1.807) is 11.3 Å². The molecule has 1 unspecified atom stereocenters. The lowest BCUT2D eigenvalue weighted by atomic mass is 10.0. The second-order valence-corrected chi connectivity index (χ2v) is 7.34. The lowest BCUT2D eigenvalue weighted by molar-refractivity contribution is -0.140. The highest BCUT2D eigenvalue weighted by atomic mass is 32.1. The summed E-state index contributed by atoms with van der Waals surface area (Å²) in [5.74, 6) is -1.71. The highest BCUT2D eigenvalue weighted by molar-refractivity contribution is 7.22. The Kier molecular flexibility index (Phi) is 4.28. The molecule has 0 amide bonds. The topological polar surface area (TPSA) is 83.8 Å². The van der Waals surface area contributed by atoms with Gasteiger partial charge in [0.1, 0.15) is 0 Å². The van der Waals surface area contributed by atoms with Crippen molar-refractivity contribution in [3.8, 4) is 9.75 Å². The highest BCUT2D eigenvalue weighted by Crippen LogP contribution is 2.41. The zero-order valence-electron chi connectivity index (χ0n) is 11.6. The van der Waals surface area contributed by atoms with Crippen LogP contribution in [-0.4, -0.2) is 28.8 Å². The van der Waals surface area contributed by atoms with Gasteiger partial charge in [-0.1, -0.05) is 0 Å². The number of hydrogen-bond donors (Lipinski definition) is 2. The minimum atomic E-state index is -0.870. The van der Waals surface area contributed by atoms with Gasteiger partial charge < -0.3 is 14.9 Å². The summed E-state index contributed by atoms with van der Waals surface area (Å²) in [7, 11) is 0. The molecular weight excluding hydrogens is 324 g/mol. The Morgan fingerprint density at radius 1 is 1.18 bits per heavy atom. The maximum absolute atomic E-state index is 10.9. The average Bonchev–Trinajstić information content (AvgIpc) is 3.03. The van der Waals surface area contributed by atoms with E-state index in [9.17, 15) is 9.59 Å². The van der Waals surface area contributed by atoms with Gasteiger partial charge >= 0.3 is 11.9 Å². The molecule has 1 aliphatic heterocycles. The van der Waals surface area contributed by atoms with Crippen molar-refractivity contribution in [2.24, 2.45) is 0 Å². The molecule has 7 heteroatoms. The second kappa shape index (κ2) is 6.20. The van der Waals surface area contributed by atoms with E-state index in [0.717, 1.165) is 26.6 Å². The van der Waals surface area contributed by atoms with Crippen molar-refractivity contribution < 1.29 is 24.5 Å². The first-order valence-electron chi connectivity index (χ1n) is 6.80. The molecule has 1 aliphatic rings. The minimum Gasteiger partial charge on any atom is -0.481 e. The van der Waals surface area contributed by atoms with E-state index in [1.165, 1.54) is 16.2 Å². The number of carboxylic acids is 2. The standard InChI is InChI=1S/C15H14O5S2/c16-14(17)5-8-1-2-12(21-8)13-6-9-10(7-15(18)19)20-4-3-11(9)22-13/h1-2,6,10H,3-5,7H2,(H,16,17)(H,18,19). The normalized spacial score (nSPS) is 17.2. The molecule has 0 saturated heterocycles. The van der Waals surface area contributed by atoms with Crippen LogP contribution in [0.2, 0.25) is 0 Å². The molecule has 2 N–H and O–H groups in total. The van der Waals surface area contributed by atoms with Crippen molar-refractivity contribution in [3.05, 3.63) is 33.5 Å². The molecule has 3 heterocycles. The zero-order chi connectivity index (χ0) is 15.7. The highest BCUT2D eigenvalue weighted by Gasteiger charge is 2.26. The quantitative estimate of drug-likeness (QED) is 0.875. The lowest BCUT2D eigenvalue weighted by Gasteiger charge is -2.21. The number of ether oxygens (including phenoxy) is 1. The summed E-state index contributed by atoms with van der Waals surface area (Å²) >= 11 is 3.11. The van der Waals surface area contributed by atoms with Crippen molar-refractivity contribution >= 4 is 34.6 Å². The summed E-state index contributed by atoms with van der Waals surface area (Å²) < 4.78 is 5.57. The number of rotatable bonds is 5. The Morgan fingerprint density at radius 2 is 2.00 bits per heavy atom. The fourth-order valence-corrected chi connectivity index (χ4v) is 4.77. The Hall–Kier alpha value is -1.70. The van der Waals surface area contributed by atoms with Crippen LogP contribution >= 0.6 is 22.7 Å². The Balaban J connectivity index is 1.87. The molecule has 116 valence electrons. The van der Waals surface area contributed by atoms with Crippen LogP contribution in [0.1, 0.15) is 27.8 Å². The molecule has 0 bridgehead atoms. The maximum Gasteiger partial charge on any atom is 0.308 e. The number of thiophene rings is 2. The van der Waals surface area contributed by atoms with E-state index in [1.807, 2.05) is 18.2 Å². The van der Waals surface area contributed by atoms with Gasteiger partial charge in [-0.25, -0.2) is 0 Å². The summed E-state index contributed by atoms with van der Waals surface area (Å²) in [5, 5.41) is 17.8. The fourth-order valence-electron chi connectivity index (χ4n) is 2.50. The van der Waals surface area contributed by atoms with Crippen molar-refractivity contribution in [1.82, 2.24) is 0 Å². The van der Waals surface area contributed by atoms with Gasteiger partial charge in [0.25, 0.3) is 0 Å². The summed E-state index contributed by atoms with van der Waals surface area (Å²) in [6, 6.07) is 5.74. The number of aliphatic carboxylic acids is 2. The first-order valence-corrected chi connectivity index (χ1v) is 8.43. The van der Waals surface area contributed by atoms with Gasteiger partial charge in [0, 0.05) is 25.9 Å². The SMILES string of the molecule is O=C(O)Cc1ccc(-c2cc3c(s2)CCOC3CC(=O)O)s1. The van der Waals surface area contributed by atoms with Crippen molar-refractivity contribution in [2.45, 2.75) is 25.4 Å². The first kappa shape index (κ1) is 15.2. The molecule has 22 heavy (non-hydrogen) atoms. The number of fused-ring (bicyclic) bond motifs is 1. The molecule has 2 aromatic heterocycles. The molecule has 0 spiro atoms. The van der Waals surface area contributed by atoms with Gasteiger partial charge in [0.15, 0.2) is 0 Å². The van der Waals surface area contributed by atoms with Gasteiger partial charge in [0.05, 0.1) is 25.6 Å². The van der Waals surface area contributed by atoms with E-state index >= 15 is 0 Å². The predicted octanol–water partition coefficient (Wildman–Crippen LogP) is 3.19. The fraction of sp³-hybridized carbons (Fsp3) is 0.333. The predicted molar refractivity (Wildman–Crippen MR) is 83.6 cm³/mol. The molecule has 2 aromatic rings. The largest absolute Gasteiger partial charge is 0.481 e. The molecule has 1 atom stereocenters. The number of hydrogen-bond acceptors (Lipinski definition) is 5. The Bertz CT molecular complexity index is 715. The van der Waals surface area contributed by atoms with Crippen LogP contribution in [0.25, 0.3) is 9.75 Å². The van der Waals surface area contributed by atoms with Crippen LogP contribution < -0.4 is 0 Å². The third-order valence-corrected chi connectivity index (χ3v) is 5.92. The third-order valence-electron chi connectivity index (χ3n) is 3.43. The second-order valence-electron chi connectivity index (χ2n) is 5.03. The molecular formula is C15H14O5S2. The van der Waals surface area contributed by atoms with Gasteiger partial charge in [-0.15, -0.1) is 22.7 Å². The average molecular weight is 338 g/mol. The van der Waals surface area contributed by atoms with Gasteiger partial charge in [-0.3, -0.25) is 9.59 Å². The summed E-state index contributed by atoms with van der Waals surface area (Å²) in [6.45, 7) is 0.541. The van der Waals surface area contributed by atoms with Crippen LogP contribution in [0.3, 0.4) is 0 Å². The summed E-state index contributed by atoms with van der Waals surface area (Å²) in [5.41, 5.74) is 0.960. The van der Waals surface area contributed by atoms with Crippen LogP contribution in [0.5, 0.6) is 0 Å². The van der Waals surface area contributed by atoms with E-state index in [4.69, 9.17) is 14.9 Å². The number of carboxylic acid groups (broad SMARTS) is 2. The summed E-state index contributed by atoms with van der Waals surface area (Å²) in [4.78, 5) is 25.7. The summed E-state index contributed by atoms with van der Waals surface area (Å²) in [6.07, 6.45) is 0.409. The van der Waals surface area contributed by atoms with Gasteiger partial charge in [0.2, 0.25) is 0 Å². The van der Waals surface area contributed by atoms with Crippen molar-refractivity contribution in [3.63, 3.8) is 0 Å². The maximum atomic E-state index is 10.9. The van der Waals surface area contributed by atoms with E-state index < -0.39 is 11.9 Å². The van der Waals surface area contributed by atoms with E-state index in [2.05, 4.69) is 0 Å². The van der Waals surface area contributed by atoms with Gasteiger partial charge in [-0.05, 0) is 23.8 Å². The van der Waals surface area contributed by atoms with E-state index in [0.29, 0.717) is 6.61 Å². The molecule has 0 radical (unpaired) electrons. The van der Waals surface area contributed by atoms with Gasteiger partial charge in [-0.2, -0.15) is 0 Å². The molecule has 0 saturated carbocycles. The Morgan fingerprint density at radius 3 is 2.73 bits per heavy atom. The van der Waals surface area contributed by atoms with Crippen LogP contribution in [0.15, 0.2) is 18.2 Å². The molecule has 3 rings (SSSR count). The molecule has 5 nitrogen and oxygen atoms in total. The first-order chi connectivity index (χ1) is 10.5.